The van der Waals surface area contributed by atoms with Gasteiger partial charge in [0, 0.05) is 21.7 Å². The highest BCUT2D eigenvalue weighted by Gasteiger charge is 2.17. The van der Waals surface area contributed by atoms with Gasteiger partial charge >= 0.3 is 0 Å². The molecular formula is C34H23N3O. The van der Waals surface area contributed by atoms with Crippen molar-refractivity contribution in [3.8, 4) is 0 Å². The Balaban J connectivity index is 1.43. The monoisotopic (exact) mass is 489 g/mol. The first-order valence-electron chi connectivity index (χ1n) is 12.6. The molecule has 0 aliphatic rings. The predicted molar refractivity (Wildman–Crippen MR) is 158 cm³/mol. The smallest absolute Gasteiger partial charge is 0.145 e. The summed E-state index contributed by atoms with van der Waals surface area (Å²) in [5.74, 6) is 0. The first-order chi connectivity index (χ1) is 18.8. The fourth-order valence-corrected chi connectivity index (χ4v) is 5.15. The quantitative estimate of drug-likeness (QED) is 0.191. The lowest BCUT2D eigenvalue weighted by atomic mass is 10.1. The van der Waals surface area contributed by atoms with E-state index in [2.05, 4.69) is 41.0 Å². The summed E-state index contributed by atoms with van der Waals surface area (Å²) in [6, 6.07) is 40.5. The van der Waals surface area contributed by atoms with Crippen molar-refractivity contribution in [1.29, 1.82) is 5.41 Å². The fourth-order valence-electron chi connectivity index (χ4n) is 5.15. The maximum Gasteiger partial charge on any atom is 0.145 e. The number of hydrogen-bond donors (Lipinski definition) is 1. The van der Waals surface area contributed by atoms with Crippen LogP contribution in [0.4, 0.5) is 0 Å². The summed E-state index contributed by atoms with van der Waals surface area (Å²) < 4.78 is 8.50. The topological polar surface area (TPSA) is 54.3 Å². The van der Waals surface area contributed by atoms with Crippen LogP contribution in [-0.2, 0) is 0 Å². The van der Waals surface area contributed by atoms with Gasteiger partial charge in [-0.05, 0) is 35.9 Å². The zero-order valence-corrected chi connectivity index (χ0v) is 20.5. The van der Waals surface area contributed by atoms with Crippen LogP contribution in [-0.4, -0.2) is 16.6 Å². The Morgan fingerprint density at radius 3 is 2.08 bits per heavy atom. The molecule has 0 aliphatic carbocycles. The first kappa shape index (κ1) is 22.0. The molecule has 0 bridgehead atoms. The molecule has 0 amide bonds. The van der Waals surface area contributed by atoms with Gasteiger partial charge < -0.3 is 9.83 Å². The molecule has 5 aromatic carbocycles. The average molecular weight is 490 g/mol. The SMILES string of the molecule is N=C(/C=C(\N=Cn1c2ccccc2c2c3oc4ccccc4c3ccc21)c1ccccc1)c1ccccc1. The summed E-state index contributed by atoms with van der Waals surface area (Å²) in [6.45, 7) is 0. The second-order valence-electron chi connectivity index (χ2n) is 9.24. The standard InChI is InChI=1S/C34H23N3O/c35-28(23-11-3-1-4-12-23)21-29(24-13-5-2-6-14-24)36-22-37-30-17-9-7-16-27(30)33-31(37)20-19-26-25-15-8-10-18-32(25)38-34(26)33/h1-22,35H/b29-21-,35-28?,36-22?. The van der Waals surface area contributed by atoms with Crippen molar-refractivity contribution in [2.75, 3.05) is 0 Å². The molecule has 180 valence electrons. The minimum atomic E-state index is 0.410. The molecule has 0 fully saturated rings. The van der Waals surface area contributed by atoms with Crippen molar-refractivity contribution in [3.05, 3.63) is 139 Å². The number of nitrogens with zero attached hydrogens (tertiary/aromatic N) is 2. The predicted octanol–water partition coefficient (Wildman–Crippen LogP) is 8.68. The lowest BCUT2D eigenvalue weighted by molar-refractivity contribution is 0.673. The van der Waals surface area contributed by atoms with E-state index >= 15 is 0 Å². The molecule has 1 N–H and O–H groups in total. The van der Waals surface area contributed by atoms with E-state index in [1.807, 2.05) is 97.3 Å². The lowest BCUT2D eigenvalue weighted by Gasteiger charge is -2.06. The van der Waals surface area contributed by atoms with Gasteiger partial charge in [0.25, 0.3) is 0 Å². The largest absolute Gasteiger partial charge is 0.455 e. The van der Waals surface area contributed by atoms with Crippen LogP contribution < -0.4 is 0 Å². The number of rotatable bonds is 5. The molecule has 38 heavy (non-hydrogen) atoms. The molecule has 0 aliphatic heterocycles. The van der Waals surface area contributed by atoms with Gasteiger partial charge in [0.05, 0.1) is 27.8 Å². The number of nitrogens with one attached hydrogen (secondary N) is 1. The first-order valence-corrected chi connectivity index (χ1v) is 12.6. The molecule has 0 atom stereocenters. The third-order valence-electron chi connectivity index (χ3n) is 6.97. The molecule has 4 heteroatoms. The van der Waals surface area contributed by atoms with E-state index in [-0.39, 0.29) is 0 Å². The Kier molecular flexibility index (Phi) is 5.22. The highest BCUT2D eigenvalue weighted by Crippen LogP contribution is 2.38. The number of para-hydroxylation sites is 2. The third-order valence-corrected chi connectivity index (χ3v) is 6.97. The van der Waals surface area contributed by atoms with Gasteiger partial charge in [-0.25, -0.2) is 4.99 Å². The Hall–Kier alpha value is -5.22. The van der Waals surface area contributed by atoms with Crippen LogP contribution in [0.15, 0.2) is 137 Å². The number of allylic oxidation sites excluding steroid dienone is 1. The van der Waals surface area contributed by atoms with Crippen LogP contribution in [0.25, 0.3) is 49.4 Å². The van der Waals surface area contributed by atoms with Gasteiger partial charge in [-0.2, -0.15) is 0 Å². The maximum atomic E-state index is 8.70. The van der Waals surface area contributed by atoms with Gasteiger partial charge in [-0.15, -0.1) is 0 Å². The number of furan rings is 1. The van der Waals surface area contributed by atoms with Gasteiger partial charge in [0.2, 0.25) is 0 Å². The number of fused-ring (bicyclic) bond motifs is 7. The Bertz CT molecular complexity index is 2030. The Morgan fingerprint density at radius 1 is 0.632 bits per heavy atom. The average Bonchev–Trinajstić information content (AvgIpc) is 3.51. The van der Waals surface area contributed by atoms with E-state index in [4.69, 9.17) is 14.8 Å². The van der Waals surface area contributed by atoms with Crippen molar-refractivity contribution in [3.63, 3.8) is 0 Å². The summed E-state index contributed by atoms with van der Waals surface area (Å²) in [7, 11) is 0. The van der Waals surface area contributed by atoms with Crippen LogP contribution in [0.3, 0.4) is 0 Å². The van der Waals surface area contributed by atoms with E-state index in [0.717, 1.165) is 60.6 Å². The Morgan fingerprint density at radius 2 is 1.29 bits per heavy atom. The summed E-state index contributed by atoms with van der Waals surface area (Å²) in [5, 5.41) is 13.1. The number of aliphatic imine (C=N–C) groups is 1. The van der Waals surface area contributed by atoms with Crippen molar-refractivity contribution in [1.82, 2.24) is 4.57 Å². The zero-order valence-electron chi connectivity index (χ0n) is 20.5. The molecule has 0 radical (unpaired) electrons. The molecule has 0 saturated heterocycles. The molecule has 4 nitrogen and oxygen atoms in total. The lowest BCUT2D eigenvalue weighted by Crippen LogP contribution is -1.98. The van der Waals surface area contributed by atoms with Crippen LogP contribution in [0.2, 0.25) is 0 Å². The normalized spacial score (nSPS) is 12.4. The molecule has 7 aromatic rings. The van der Waals surface area contributed by atoms with Crippen molar-refractivity contribution in [2.45, 2.75) is 0 Å². The molecule has 0 unspecified atom stereocenters. The fraction of sp³-hybridized carbons (Fsp3) is 0. The minimum Gasteiger partial charge on any atom is -0.455 e. The van der Waals surface area contributed by atoms with Crippen LogP contribution in [0.1, 0.15) is 11.1 Å². The van der Waals surface area contributed by atoms with Crippen LogP contribution in [0.5, 0.6) is 0 Å². The second-order valence-corrected chi connectivity index (χ2v) is 9.24. The molecule has 2 heterocycles. The van der Waals surface area contributed by atoms with Gasteiger partial charge in [0.15, 0.2) is 0 Å². The second kappa shape index (κ2) is 9.02. The molecule has 0 spiro atoms. The molecule has 2 aromatic heterocycles. The number of aromatic nitrogens is 1. The molecule has 7 rings (SSSR count). The van der Waals surface area contributed by atoms with E-state index in [9.17, 15) is 0 Å². The Labute approximate surface area is 219 Å². The number of benzene rings is 5. The summed E-state index contributed by atoms with van der Waals surface area (Å²) in [4.78, 5) is 4.95. The van der Waals surface area contributed by atoms with E-state index < -0.39 is 0 Å². The number of hydrogen-bond acceptors (Lipinski definition) is 3. The minimum absolute atomic E-state index is 0.410. The summed E-state index contributed by atoms with van der Waals surface area (Å²) >= 11 is 0. The van der Waals surface area contributed by atoms with Gasteiger partial charge in [-0.1, -0.05) is 97.1 Å². The van der Waals surface area contributed by atoms with E-state index in [1.54, 1.807) is 0 Å². The van der Waals surface area contributed by atoms with Gasteiger partial charge in [-0.3, -0.25) is 4.57 Å². The van der Waals surface area contributed by atoms with Crippen LogP contribution >= 0.6 is 0 Å². The van der Waals surface area contributed by atoms with E-state index in [1.165, 1.54) is 0 Å². The maximum absolute atomic E-state index is 8.70. The van der Waals surface area contributed by atoms with Gasteiger partial charge in [0.1, 0.15) is 17.5 Å². The zero-order chi connectivity index (χ0) is 25.5. The highest BCUT2D eigenvalue weighted by atomic mass is 16.3. The van der Waals surface area contributed by atoms with Crippen molar-refractivity contribution >= 4 is 61.5 Å². The van der Waals surface area contributed by atoms with Crippen molar-refractivity contribution in [2.24, 2.45) is 4.99 Å². The summed E-state index contributed by atoms with van der Waals surface area (Å²) in [6.07, 6.45) is 3.68. The van der Waals surface area contributed by atoms with E-state index in [0.29, 0.717) is 5.71 Å². The molecular weight excluding hydrogens is 466 g/mol. The molecule has 0 saturated carbocycles. The summed E-state index contributed by atoms with van der Waals surface area (Å²) in [5.41, 5.74) is 6.76. The van der Waals surface area contributed by atoms with Crippen molar-refractivity contribution < 1.29 is 4.42 Å². The third kappa shape index (κ3) is 3.62. The van der Waals surface area contributed by atoms with Crippen LogP contribution in [0, 0.1) is 5.41 Å². The highest BCUT2D eigenvalue weighted by molar-refractivity contribution is 6.24.